The molecule has 0 aromatic heterocycles. The third-order valence-corrected chi connectivity index (χ3v) is 3.00. The Morgan fingerprint density at radius 3 is 2.50 bits per heavy atom. The molecule has 0 spiro atoms. The van der Waals surface area contributed by atoms with Gasteiger partial charge in [-0.3, -0.25) is 0 Å². The number of ether oxygens (including phenoxy) is 1. The lowest BCUT2D eigenvalue weighted by molar-refractivity contribution is -0.137. The Labute approximate surface area is 114 Å². The van der Waals surface area contributed by atoms with E-state index in [1.54, 1.807) is 0 Å². The summed E-state index contributed by atoms with van der Waals surface area (Å²) in [6.45, 7) is 0.308. The van der Waals surface area contributed by atoms with E-state index in [-0.39, 0.29) is 35.1 Å². The molecule has 1 aliphatic rings. The van der Waals surface area contributed by atoms with Crippen LogP contribution in [0.3, 0.4) is 0 Å². The molecule has 0 saturated heterocycles. The first-order chi connectivity index (χ1) is 7.88. The van der Waals surface area contributed by atoms with Gasteiger partial charge in [0, 0.05) is 12.0 Å². The van der Waals surface area contributed by atoms with Crippen molar-refractivity contribution in [1.29, 1.82) is 0 Å². The zero-order valence-electron chi connectivity index (χ0n) is 9.21. The molecule has 1 fully saturated rings. The van der Waals surface area contributed by atoms with Gasteiger partial charge in [0.2, 0.25) is 0 Å². The first-order valence-corrected chi connectivity index (χ1v) is 5.51. The minimum atomic E-state index is -4.39. The van der Waals surface area contributed by atoms with Crippen LogP contribution in [0.5, 0.6) is 5.75 Å². The van der Waals surface area contributed by atoms with E-state index in [2.05, 4.69) is 0 Å². The molecule has 0 bridgehead atoms. The fraction of sp³-hybridized carbons (Fsp3) is 0.455. The molecule has 2 N–H and O–H groups in total. The highest BCUT2D eigenvalue weighted by Crippen LogP contribution is 2.36. The standard InChI is InChI=1S/C11H11ClF3NO.ClH/c12-8-2-1-7(11(13,14)15)4-10(8)17-5-6-3-9(6)16;/h1-2,4,6,9H,3,5,16H2;1H/t6-,9+;/m0./s1. The van der Waals surface area contributed by atoms with E-state index >= 15 is 0 Å². The van der Waals surface area contributed by atoms with E-state index in [1.165, 1.54) is 6.07 Å². The van der Waals surface area contributed by atoms with Gasteiger partial charge in [-0.25, -0.2) is 0 Å². The minimum absolute atomic E-state index is 0. The van der Waals surface area contributed by atoms with Crippen LogP contribution in [-0.2, 0) is 6.18 Å². The number of halogens is 5. The summed E-state index contributed by atoms with van der Waals surface area (Å²) in [5, 5.41) is 0.173. The maximum absolute atomic E-state index is 12.5. The van der Waals surface area contributed by atoms with E-state index in [0.717, 1.165) is 18.6 Å². The van der Waals surface area contributed by atoms with Crippen LogP contribution in [0, 0.1) is 5.92 Å². The molecule has 1 aliphatic carbocycles. The average Bonchev–Trinajstić information content (AvgIpc) is 2.92. The second-order valence-electron chi connectivity index (χ2n) is 4.11. The summed E-state index contributed by atoms with van der Waals surface area (Å²) in [4.78, 5) is 0. The maximum atomic E-state index is 12.5. The Balaban J connectivity index is 0.00000162. The number of rotatable bonds is 3. The van der Waals surface area contributed by atoms with Crippen LogP contribution in [0.1, 0.15) is 12.0 Å². The summed E-state index contributed by atoms with van der Waals surface area (Å²) < 4.78 is 42.6. The van der Waals surface area contributed by atoms with Gasteiger partial charge in [0.15, 0.2) is 0 Å². The van der Waals surface area contributed by atoms with Crippen LogP contribution in [0.25, 0.3) is 0 Å². The smallest absolute Gasteiger partial charge is 0.416 e. The topological polar surface area (TPSA) is 35.2 Å². The van der Waals surface area contributed by atoms with Gasteiger partial charge in [-0.2, -0.15) is 13.2 Å². The fourth-order valence-electron chi connectivity index (χ4n) is 1.45. The van der Waals surface area contributed by atoms with E-state index in [0.29, 0.717) is 6.61 Å². The minimum Gasteiger partial charge on any atom is -0.492 e. The van der Waals surface area contributed by atoms with Crippen molar-refractivity contribution in [3.8, 4) is 5.75 Å². The van der Waals surface area contributed by atoms with Gasteiger partial charge in [0.25, 0.3) is 0 Å². The number of hydrogen-bond donors (Lipinski definition) is 1. The summed E-state index contributed by atoms with van der Waals surface area (Å²) in [5.74, 6) is 0.279. The summed E-state index contributed by atoms with van der Waals surface area (Å²) in [7, 11) is 0. The van der Waals surface area contributed by atoms with Crippen LogP contribution in [0.15, 0.2) is 18.2 Å². The molecule has 0 aliphatic heterocycles. The number of nitrogens with two attached hydrogens (primary N) is 1. The lowest BCUT2D eigenvalue weighted by atomic mass is 10.2. The van der Waals surface area contributed by atoms with Gasteiger partial charge in [0.05, 0.1) is 17.2 Å². The molecule has 0 amide bonds. The van der Waals surface area contributed by atoms with Gasteiger partial charge in [0.1, 0.15) is 5.75 Å². The van der Waals surface area contributed by atoms with Gasteiger partial charge < -0.3 is 10.5 Å². The molecule has 102 valence electrons. The van der Waals surface area contributed by atoms with Crippen molar-refractivity contribution >= 4 is 24.0 Å². The van der Waals surface area contributed by atoms with E-state index < -0.39 is 11.7 Å². The molecule has 1 aromatic carbocycles. The molecule has 1 saturated carbocycles. The Morgan fingerprint density at radius 1 is 1.39 bits per heavy atom. The van der Waals surface area contributed by atoms with Crippen LogP contribution >= 0.6 is 24.0 Å². The van der Waals surface area contributed by atoms with Crippen molar-refractivity contribution < 1.29 is 17.9 Å². The summed E-state index contributed by atoms with van der Waals surface area (Å²) in [5.41, 5.74) is 4.81. The highest BCUT2D eigenvalue weighted by Gasteiger charge is 2.35. The third kappa shape index (κ3) is 3.67. The lowest BCUT2D eigenvalue weighted by Crippen LogP contribution is -2.10. The molecule has 7 heteroatoms. The van der Waals surface area contributed by atoms with Crippen LogP contribution in [-0.4, -0.2) is 12.6 Å². The van der Waals surface area contributed by atoms with E-state index in [4.69, 9.17) is 22.1 Å². The molecule has 18 heavy (non-hydrogen) atoms. The van der Waals surface area contributed by atoms with E-state index in [1.807, 2.05) is 0 Å². The maximum Gasteiger partial charge on any atom is 0.416 e. The van der Waals surface area contributed by atoms with Crippen molar-refractivity contribution in [2.75, 3.05) is 6.61 Å². The summed E-state index contributed by atoms with van der Waals surface area (Å²) in [6, 6.07) is 3.13. The molecule has 0 radical (unpaired) electrons. The number of alkyl halides is 3. The zero-order chi connectivity index (χ0) is 12.6. The summed E-state index contributed by atoms with van der Waals surface area (Å²) >= 11 is 5.76. The van der Waals surface area contributed by atoms with Gasteiger partial charge >= 0.3 is 6.18 Å². The van der Waals surface area contributed by atoms with Gasteiger partial charge in [-0.15, -0.1) is 12.4 Å². The Morgan fingerprint density at radius 2 is 2.00 bits per heavy atom. The van der Waals surface area contributed by atoms with Crippen LogP contribution in [0.2, 0.25) is 5.02 Å². The Bertz CT molecular complexity index is 425. The van der Waals surface area contributed by atoms with Crippen molar-refractivity contribution in [1.82, 2.24) is 0 Å². The largest absolute Gasteiger partial charge is 0.492 e. The third-order valence-electron chi connectivity index (χ3n) is 2.69. The van der Waals surface area contributed by atoms with Crippen molar-refractivity contribution in [2.24, 2.45) is 11.7 Å². The molecular formula is C11H12Cl2F3NO. The second-order valence-corrected chi connectivity index (χ2v) is 4.52. The SMILES string of the molecule is Cl.N[C@@H]1C[C@H]1COc1cc(C(F)(F)F)ccc1Cl. The molecule has 2 rings (SSSR count). The lowest BCUT2D eigenvalue weighted by Gasteiger charge is -2.11. The van der Waals surface area contributed by atoms with Crippen LogP contribution < -0.4 is 10.5 Å². The molecular weight excluding hydrogens is 290 g/mol. The molecule has 1 aromatic rings. The molecule has 2 atom stereocenters. The van der Waals surface area contributed by atoms with Gasteiger partial charge in [-0.05, 0) is 24.6 Å². The number of benzene rings is 1. The Kier molecular flexibility index (Phi) is 4.75. The quantitative estimate of drug-likeness (QED) is 0.927. The predicted molar refractivity (Wildman–Crippen MR) is 65.3 cm³/mol. The monoisotopic (exact) mass is 301 g/mol. The normalized spacial score (nSPS) is 22.3. The highest BCUT2D eigenvalue weighted by atomic mass is 35.5. The van der Waals surface area contributed by atoms with Crippen molar-refractivity contribution in [3.05, 3.63) is 28.8 Å². The number of hydrogen-bond acceptors (Lipinski definition) is 2. The average molecular weight is 302 g/mol. The zero-order valence-corrected chi connectivity index (χ0v) is 10.8. The summed E-state index contributed by atoms with van der Waals surface area (Å²) in [6.07, 6.45) is -3.55. The first-order valence-electron chi connectivity index (χ1n) is 5.13. The molecule has 2 nitrogen and oxygen atoms in total. The van der Waals surface area contributed by atoms with Crippen molar-refractivity contribution in [3.63, 3.8) is 0 Å². The Hall–Kier alpha value is -0.650. The second kappa shape index (κ2) is 5.55. The molecule has 0 heterocycles. The predicted octanol–water partition coefficient (Wildman–Crippen LogP) is 3.51. The fourth-order valence-corrected chi connectivity index (χ4v) is 1.62. The van der Waals surface area contributed by atoms with E-state index in [9.17, 15) is 13.2 Å². The molecule has 0 unspecified atom stereocenters. The van der Waals surface area contributed by atoms with Crippen molar-refractivity contribution in [2.45, 2.75) is 18.6 Å². The highest BCUT2D eigenvalue weighted by molar-refractivity contribution is 6.32. The first kappa shape index (κ1) is 15.4. The van der Waals surface area contributed by atoms with Gasteiger partial charge in [-0.1, -0.05) is 11.6 Å². The van der Waals surface area contributed by atoms with Crippen LogP contribution in [0.4, 0.5) is 13.2 Å².